The lowest BCUT2D eigenvalue weighted by Crippen LogP contribution is -2.37. The van der Waals surface area contributed by atoms with Gasteiger partial charge in [-0.1, -0.05) is 36.4 Å². The Morgan fingerprint density at radius 3 is 2.54 bits per heavy atom. The van der Waals surface area contributed by atoms with E-state index in [0.717, 1.165) is 10.8 Å². The number of nitrogens with one attached hydrogen (secondary N) is 2. The molecule has 6 nitrogen and oxygen atoms in total. The lowest BCUT2D eigenvalue weighted by atomic mass is 10.1. The normalized spacial score (nSPS) is 10.2. The van der Waals surface area contributed by atoms with Crippen molar-refractivity contribution < 1.29 is 19.0 Å². The number of ether oxygens (including phenoxy) is 3. The average molecular weight is 396 g/mol. The molecule has 3 aromatic carbocycles. The summed E-state index contributed by atoms with van der Waals surface area (Å²) in [6.07, 6.45) is 0. The van der Waals surface area contributed by atoms with Gasteiger partial charge in [-0.3, -0.25) is 10.1 Å². The average Bonchev–Trinajstić information content (AvgIpc) is 2.72. The number of rotatable bonds is 6. The van der Waals surface area contributed by atoms with Gasteiger partial charge in [-0.2, -0.15) is 0 Å². The molecule has 0 spiro atoms. The van der Waals surface area contributed by atoms with Crippen molar-refractivity contribution in [2.24, 2.45) is 0 Å². The van der Waals surface area contributed by atoms with Crippen LogP contribution in [-0.2, 0) is 4.79 Å². The summed E-state index contributed by atoms with van der Waals surface area (Å²) < 4.78 is 16.1. The molecule has 0 saturated carbocycles. The maximum absolute atomic E-state index is 12.2. The summed E-state index contributed by atoms with van der Waals surface area (Å²) in [7, 11) is 3.11. The van der Waals surface area contributed by atoms with Gasteiger partial charge >= 0.3 is 0 Å². The van der Waals surface area contributed by atoms with Crippen LogP contribution in [-0.4, -0.2) is 31.8 Å². The topological polar surface area (TPSA) is 68.8 Å². The van der Waals surface area contributed by atoms with Crippen LogP contribution in [0.1, 0.15) is 0 Å². The maximum atomic E-state index is 12.2. The molecule has 0 unspecified atom stereocenters. The number of hydrogen-bond acceptors (Lipinski definition) is 5. The van der Waals surface area contributed by atoms with Crippen molar-refractivity contribution in [2.75, 3.05) is 26.1 Å². The van der Waals surface area contributed by atoms with Crippen molar-refractivity contribution >= 4 is 39.7 Å². The van der Waals surface area contributed by atoms with E-state index in [-0.39, 0.29) is 17.6 Å². The van der Waals surface area contributed by atoms with Crippen LogP contribution in [0.5, 0.6) is 17.2 Å². The summed E-state index contributed by atoms with van der Waals surface area (Å²) in [5, 5.41) is 7.65. The Balaban J connectivity index is 1.60. The minimum absolute atomic E-state index is 0.137. The molecule has 0 aliphatic carbocycles. The number of methoxy groups -OCH3 is 2. The maximum Gasteiger partial charge on any atom is 0.264 e. The first-order valence-corrected chi connectivity index (χ1v) is 8.95. The Hall–Kier alpha value is -3.32. The largest absolute Gasteiger partial charge is 0.497 e. The Morgan fingerprint density at radius 2 is 1.75 bits per heavy atom. The number of thiocarbonyl (C=S) groups is 1. The standard InChI is InChI=1S/C21H20N2O4S/c1-25-15-10-11-19(26-2)17(12-15)22-21(28)23-20(24)13-27-18-9-5-7-14-6-3-4-8-16(14)18/h3-12H,13H2,1-2H3,(H2,22,23,24,28). The molecule has 3 rings (SSSR count). The van der Waals surface area contributed by atoms with Crippen LogP contribution in [0.2, 0.25) is 0 Å². The summed E-state index contributed by atoms with van der Waals surface area (Å²) in [6, 6.07) is 18.8. The minimum atomic E-state index is -0.368. The molecular weight excluding hydrogens is 376 g/mol. The van der Waals surface area contributed by atoms with Crippen molar-refractivity contribution in [2.45, 2.75) is 0 Å². The van der Waals surface area contributed by atoms with Gasteiger partial charge in [-0.25, -0.2) is 0 Å². The lowest BCUT2D eigenvalue weighted by Gasteiger charge is -2.14. The van der Waals surface area contributed by atoms with Crippen LogP contribution >= 0.6 is 12.2 Å². The SMILES string of the molecule is COc1ccc(OC)c(NC(=S)NC(=O)COc2cccc3ccccc23)c1. The van der Waals surface area contributed by atoms with Crippen molar-refractivity contribution in [1.29, 1.82) is 0 Å². The monoisotopic (exact) mass is 396 g/mol. The molecule has 0 bridgehead atoms. The smallest absolute Gasteiger partial charge is 0.264 e. The number of carbonyl (C=O) groups excluding carboxylic acids is 1. The molecular formula is C21H20N2O4S. The summed E-state index contributed by atoms with van der Waals surface area (Å²) in [6.45, 7) is -0.162. The van der Waals surface area contributed by atoms with Gasteiger partial charge in [-0.15, -0.1) is 0 Å². The van der Waals surface area contributed by atoms with Crippen LogP contribution in [0, 0.1) is 0 Å². The highest BCUT2D eigenvalue weighted by molar-refractivity contribution is 7.80. The van der Waals surface area contributed by atoms with Gasteiger partial charge in [0.05, 0.1) is 19.9 Å². The second-order valence-corrected chi connectivity index (χ2v) is 6.24. The highest BCUT2D eigenvalue weighted by Crippen LogP contribution is 2.29. The molecule has 0 aromatic heterocycles. The van der Waals surface area contributed by atoms with E-state index >= 15 is 0 Å². The fraction of sp³-hybridized carbons (Fsp3) is 0.143. The Bertz CT molecular complexity index is 1000. The van der Waals surface area contributed by atoms with Gasteiger partial charge in [0.15, 0.2) is 11.7 Å². The van der Waals surface area contributed by atoms with E-state index in [1.54, 1.807) is 32.4 Å². The Labute approximate surface area is 168 Å². The second-order valence-electron chi connectivity index (χ2n) is 5.83. The van der Waals surface area contributed by atoms with Crippen LogP contribution in [0.25, 0.3) is 10.8 Å². The third kappa shape index (κ3) is 4.69. The van der Waals surface area contributed by atoms with E-state index in [4.69, 9.17) is 26.4 Å². The van der Waals surface area contributed by atoms with Crippen molar-refractivity contribution in [3.63, 3.8) is 0 Å². The molecule has 1 amide bonds. The predicted molar refractivity (Wildman–Crippen MR) is 113 cm³/mol. The Kier molecular flexibility index (Phi) is 6.29. The zero-order valence-corrected chi connectivity index (χ0v) is 16.3. The van der Waals surface area contributed by atoms with Gasteiger partial charge < -0.3 is 19.5 Å². The zero-order valence-electron chi connectivity index (χ0n) is 15.5. The van der Waals surface area contributed by atoms with E-state index in [1.807, 2.05) is 42.5 Å². The van der Waals surface area contributed by atoms with Gasteiger partial charge in [-0.05, 0) is 35.8 Å². The first-order chi connectivity index (χ1) is 13.6. The molecule has 0 aliphatic rings. The zero-order chi connectivity index (χ0) is 19.9. The molecule has 0 fully saturated rings. The molecule has 7 heteroatoms. The van der Waals surface area contributed by atoms with E-state index in [9.17, 15) is 4.79 Å². The van der Waals surface area contributed by atoms with E-state index in [1.165, 1.54) is 0 Å². The summed E-state index contributed by atoms with van der Waals surface area (Å²) in [5.41, 5.74) is 0.585. The number of hydrogen-bond donors (Lipinski definition) is 2. The van der Waals surface area contributed by atoms with Crippen LogP contribution in [0.15, 0.2) is 60.7 Å². The van der Waals surface area contributed by atoms with Crippen molar-refractivity contribution in [3.8, 4) is 17.2 Å². The van der Waals surface area contributed by atoms with Gasteiger partial charge in [0.2, 0.25) is 0 Å². The first kappa shape index (κ1) is 19.4. The number of carbonyl (C=O) groups is 1. The van der Waals surface area contributed by atoms with Gasteiger partial charge in [0.1, 0.15) is 17.2 Å². The molecule has 2 N–H and O–H groups in total. The molecule has 0 aliphatic heterocycles. The Morgan fingerprint density at radius 1 is 0.964 bits per heavy atom. The van der Waals surface area contributed by atoms with Crippen LogP contribution in [0.3, 0.4) is 0 Å². The summed E-state index contributed by atoms with van der Waals surface area (Å²) in [5.74, 6) is 1.48. The summed E-state index contributed by atoms with van der Waals surface area (Å²) >= 11 is 5.21. The lowest BCUT2D eigenvalue weighted by molar-refractivity contribution is -0.121. The fourth-order valence-electron chi connectivity index (χ4n) is 2.69. The molecule has 0 saturated heterocycles. The van der Waals surface area contributed by atoms with E-state index in [2.05, 4.69) is 10.6 Å². The van der Waals surface area contributed by atoms with E-state index < -0.39 is 0 Å². The molecule has 0 radical (unpaired) electrons. The third-order valence-electron chi connectivity index (χ3n) is 4.02. The second kappa shape index (κ2) is 9.05. The number of amides is 1. The van der Waals surface area contributed by atoms with Crippen molar-refractivity contribution in [1.82, 2.24) is 5.32 Å². The van der Waals surface area contributed by atoms with Gasteiger partial charge in [0, 0.05) is 11.5 Å². The number of fused-ring (bicyclic) bond motifs is 1. The minimum Gasteiger partial charge on any atom is -0.497 e. The number of anilines is 1. The van der Waals surface area contributed by atoms with Crippen LogP contribution in [0.4, 0.5) is 5.69 Å². The fourth-order valence-corrected chi connectivity index (χ4v) is 2.92. The van der Waals surface area contributed by atoms with Crippen LogP contribution < -0.4 is 24.8 Å². The summed E-state index contributed by atoms with van der Waals surface area (Å²) in [4.78, 5) is 12.2. The molecule has 0 atom stereocenters. The number of benzene rings is 3. The first-order valence-electron chi connectivity index (χ1n) is 8.54. The predicted octanol–water partition coefficient (Wildman–Crippen LogP) is 3.75. The highest BCUT2D eigenvalue weighted by atomic mass is 32.1. The van der Waals surface area contributed by atoms with Gasteiger partial charge in [0.25, 0.3) is 5.91 Å². The third-order valence-corrected chi connectivity index (χ3v) is 4.22. The molecule has 0 heterocycles. The van der Waals surface area contributed by atoms with Crippen molar-refractivity contribution in [3.05, 3.63) is 60.7 Å². The molecule has 144 valence electrons. The van der Waals surface area contributed by atoms with E-state index in [0.29, 0.717) is 22.9 Å². The quantitative estimate of drug-likeness (QED) is 0.619. The molecule has 28 heavy (non-hydrogen) atoms. The highest BCUT2D eigenvalue weighted by Gasteiger charge is 2.11. The molecule has 3 aromatic rings.